The molecule has 18 heavy (non-hydrogen) atoms. The van der Waals surface area contributed by atoms with E-state index in [1.54, 1.807) is 13.0 Å². The molecule has 0 fully saturated rings. The molecular weight excluding hydrogens is 310 g/mol. The number of halogens is 3. The van der Waals surface area contributed by atoms with E-state index in [4.69, 9.17) is 10.00 Å². The summed E-state index contributed by atoms with van der Waals surface area (Å²) in [6.45, 7) is 1.69. The van der Waals surface area contributed by atoms with Crippen LogP contribution in [0.4, 0.5) is 8.78 Å². The maximum atomic E-state index is 12.8. The SMILES string of the molecule is CCOC(=O)c1c(C#N)cnc(C(F)F)c1CBr. The van der Waals surface area contributed by atoms with Crippen LogP contribution in [0.5, 0.6) is 0 Å². The van der Waals surface area contributed by atoms with Crippen molar-refractivity contribution in [2.75, 3.05) is 6.61 Å². The van der Waals surface area contributed by atoms with Gasteiger partial charge in [-0.3, -0.25) is 4.98 Å². The number of hydrogen-bond acceptors (Lipinski definition) is 4. The van der Waals surface area contributed by atoms with Gasteiger partial charge >= 0.3 is 5.97 Å². The van der Waals surface area contributed by atoms with Crippen LogP contribution in [0.1, 0.15) is 40.5 Å². The van der Waals surface area contributed by atoms with Gasteiger partial charge in [-0.15, -0.1) is 0 Å². The molecule has 4 nitrogen and oxygen atoms in total. The van der Waals surface area contributed by atoms with Crippen molar-refractivity contribution in [3.8, 4) is 6.07 Å². The van der Waals surface area contributed by atoms with Gasteiger partial charge in [-0.2, -0.15) is 5.26 Å². The Hall–Kier alpha value is -1.55. The normalized spacial score (nSPS) is 10.2. The third-order valence-corrected chi connectivity index (χ3v) is 2.71. The van der Waals surface area contributed by atoms with Gasteiger partial charge in [-0.25, -0.2) is 13.6 Å². The number of aromatic nitrogens is 1. The lowest BCUT2D eigenvalue weighted by atomic mass is 10.0. The van der Waals surface area contributed by atoms with E-state index in [2.05, 4.69) is 20.9 Å². The number of hydrogen-bond donors (Lipinski definition) is 0. The molecule has 96 valence electrons. The average Bonchev–Trinajstić information content (AvgIpc) is 2.36. The van der Waals surface area contributed by atoms with Crippen molar-refractivity contribution >= 4 is 21.9 Å². The standard InChI is InChI=1S/C11H9BrF2N2O2/c1-2-18-11(17)8-6(4-15)5-16-9(10(13)14)7(8)3-12/h5,10H,2-3H2,1H3. The lowest BCUT2D eigenvalue weighted by Gasteiger charge is -2.12. The summed E-state index contributed by atoms with van der Waals surface area (Å²) in [7, 11) is 0. The van der Waals surface area contributed by atoms with Gasteiger partial charge in [-0.05, 0) is 6.92 Å². The molecule has 1 aromatic rings. The van der Waals surface area contributed by atoms with Gasteiger partial charge in [0, 0.05) is 17.1 Å². The van der Waals surface area contributed by atoms with Crippen LogP contribution in [0.25, 0.3) is 0 Å². The number of nitriles is 1. The Kier molecular flexibility index (Phi) is 5.16. The van der Waals surface area contributed by atoms with Crippen molar-refractivity contribution in [2.45, 2.75) is 18.7 Å². The lowest BCUT2D eigenvalue weighted by Crippen LogP contribution is -2.13. The summed E-state index contributed by atoms with van der Waals surface area (Å²) in [4.78, 5) is 15.2. The van der Waals surface area contributed by atoms with E-state index in [1.807, 2.05) is 0 Å². The Balaban J connectivity index is 3.47. The molecule has 0 aliphatic rings. The number of nitrogens with zero attached hydrogens (tertiary/aromatic N) is 2. The first kappa shape index (κ1) is 14.5. The van der Waals surface area contributed by atoms with E-state index in [0.717, 1.165) is 6.20 Å². The van der Waals surface area contributed by atoms with Gasteiger partial charge in [0.15, 0.2) is 0 Å². The molecule has 0 radical (unpaired) electrons. The van der Waals surface area contributed by atoms with Crippen LogP contribution in [0.3, 0.4) is 0 Å². The molecule has 1 heterocycles. The molecule has 0 atom stereocenters. The van der Waals surface area contributed by atoms with Crippen molar-refractivity contribution in [3.05, 3.63) is 28.6 Å². The van der Waals surface area contributed by atoms with Crippen molar-refractivity contribution in [3.63, 3.8) is 0 Å². The van der Waals surface area contributed by atoms with E-state index in [0.29, 0.717) is 0 Å². The summed E-state index contributed by atoms with van der Waals surface area (Å²) in [5.41, 5.74) is -0.759. The van der Waals surface area contributed by atoms with E-state index in [9.17, 15) is 13.6 Å². The zero-order chi connectivity index (χ0) is 13.7. The topological polar surface area (TPSA) is 63.0 Å². The molecule has 0 bridgehead atoms. The van der Waals surface area contributed by atoms with E-state index in [1.165, 1.54) is 0 Å². The summed E-state index contributed by atoms with van der Waals surface area (Å²) >= 11 is 3.02. The molecule has 0 unspecified atom stereocenters. The maximum absolute atomic E-state index is 12.8. The molecule has 0 aliphatic carbocycles. The zero-order valence-corrected chi connectivity index (χ0v) is 11.0. The number of alkyl halides is 3. The van der Waals surface area contributed by atoms with Gasteiger partial charge in [0.2, 0.25) is 0 Å². The third-order valence-electron chi connectivity index (χ3n) is 2.15. The Morgan fingerprint density at radius 3 is 2.78 bits per heavy atom. The molecule has 0 aromatic carbocycles. The first-order valence-corrected chi connectivity index (χ1v) is 6.12. The maximum Gasteiger partial charge on any atom is 0.339 e. The highest BCUT2D eigenvalue weighted by Crippen LogP contribution is 2.27. The van der Waals surface area contributed by atoms with Crippen LogP contribution >= 0.6 is 15.9 Å². The van der Waals surface area contributed by atoms with Crippen LogP contribution in [-0.4, -0.2) is 17.6 Å². The monoisotopic (exact) mass is 318 g/mol. The highest BCUT2D eigenvalue weighted by Gasteiger charge is 2.25. The number of pyridine rings is 1. The fourth-order valence-corrected chi connectivity index (χ4v) is 1.98. The molecule has 0 saturated carbocycles. The number of esters is 1. The highest BCUT2D eigenvalue weighted by atomic mass is 79.9. The largest absolute Gasteiger partial charge is 0.462 e. The molecule has 0 N–H and O–H groups in total. The van der Waals surface area contributed by atoms with Gasteiger partial charge in [0.1, 0.15) is 11.8 Å². The van der Waals surface area contributed by atoms with Gasteiger partial charge < -0.3 is 4.74 Å². The minimum Gasteiger partial charge on any atom is -0.462 e. The molecule has 0 saturated heterocycles. The molecule has 0 spiro atoms. The van der Waals surface area contributed by atoms with Crippen molar-refractivity contribution in [2.24, 2.45) is 0 Å². The van der Waals surface area contributed by atoms with Crippen molar-refractivity contribution in [1.82, 2.24) is 4.98 Å². The number of carbonyl (C=O) groups excluding carboxylic acids is 1. The molecular formula is C11H9BrF2N2O2. The Labute approximate surface area is 111 Å². The average molecular weight is 319 g/mol. The smallest absolute Gasteiger partial charge is 0.339 e. The molecule has 0 aliphatic heterocycles. The second kappa shape index (κ2) is 6.40. The minimum absolute atomic E-state index is 0.0106. The lowest BCUT2D eigenvalue weighted by molar-refractivity contribution is 0.0524. The summed E-state index contributed by atoms with van der Waals surface area (Å²) in [6.07, 6.45) is -1.86. The van der Waals surface area contributed by atoms with Gasteiger partial charge in [-0.1, -0.05) is 15.9 Å². The Bertz CT molecular complexity index is 501. The Morgan fingerprint density at radius 2 is 2.33 bits per heavy atom. The van der Waals surface area contributed by atoms with E-state index >= 15 is 0 Å². The zero-order valence-electron chi connectivity index (χ0n) is 9.41. The predicted molar refractivity (Wildman–Crippen MR) is 62.5 cm³/mol. The summed E-state index contributed by atoms with van der Waals surface area (Å²) < 4.78 is 30.3. The third kappa shape index (κ3) is 2.82. The fraction of sp³-hybridized carbons (Fsp3) is 0.364. The Morgan fingerprint density at radius 1 is 1.67 bits per heavy atom. The van der Waals surface area contributed by atoms with Crippen LogP contribution in [0.15, 0.2) is 6.20 Å². The molecule has 1 aromatic heterocycles. The predicted octanol–water partition coefficient (Wildman–Crippen LogP) is 2.96. The van der Waals surface area contributed by atoms with Crippen LogP contribution in [-0.2, 0) is 10.1 Å². The minimum atomic E-state index is -2.82. The molecule has 7 heteroatoms. The fourth-order valence-electron chi connectivity index (χ4n) is 1.41. The molecule has 1 rings (SSSR count). The highest BCUT2D eigenvalue weighted by molar-refractivity contribution is 9.08. The van der Waals surface area contributed by atoms with E-state index < -0.39 is 18.1 Å². The number of ether oxygens (including phenoxy) is 1. The second-order valence-corrected chi connectivity index (χ2v) is 3.74. The molecule has 0 amide bonds. The van der Waals surface area contributed by atoms with Crippen molar-refractivity contribution in [1.29, 1.82) is 5.26 Å². The van der Waals surface area contributed by atoms with Crippen LogP contribution in [0.2, 0.25) is 0 Å². The van der Waals surface area contributed by atoms with E-state index in [-0.39, 0.29) is 28.6 Å². The first-order chi connectivity index (χ1) is 8.56. The first-order valence-electron chi connectivity index (χ1n) is 4.99. The van der Waals surface area contributed by atoms with Gasteiger partial charge in [0.25, 0.3) is 6.43 Å². The summed E-state index contributed by atoms with van der Waals surface area (Å²) in [5, 5.41) is 8.87. The second-order valence-electron chi connectivity index (χ2n) is 3.18. The quantitative estimate of drug-likeness (QED) is 0.632. The number of rotatable bonds is 4. The van der Waals surface area contributed by atoms with Crippen molar-refractivity contribution < 1.29 is 18.3 Å². The summed E-state index contributed by atoms with van der Waals surface area (Å²) in [6, 6.07) is 1.75. The van der Waals surface area contributed by atoms with Gasteiger partial charge in [0.05, 0.1) is 17.7 Å². The van der Waals surface area contributed by atoms with Crippen LogP contribution < -0.4 is 0 Å². The summed E-state index contributed by atoms with van der Waals surface area (Å²) in [5.74, 6) is -0.798. The number of carbonyl (C=O) groups is 1. The van der Waals surface area contributed by atoms with Crippen LogP contribution in [0, 0.1) is 11.3 Å².